The molecule has 2 amide bonds. The van der Waals surface area contributed by atoms with Gasteiger partial charge in [0, 0.05) is 6.54 Å². The van der Waals surface area contributed by atoms with Crippen LogP contribution in [0.2, 0.25) is 0 Å². The van der Waals surface area contributed by atoms with Crippen LogP contribution in [0.4, 0.5) is 16.2 Å². The zero-order valence-corrected chi connectivity index (χ0v) is 12.7. The van der Waals surface area contributed by atoms with Gasteiger partial charge in [0.05, 0.1) is 23.0 Å². The lowest BCUT2D eigenvalue weighted by Crippen LogP contribution is -2.48. The Hall–Kier alpha value is -2.75. The number of carbonyl (C=O) groups excluding carboxylic acids is 2. The highest BCUT2D eigenvalue weighted by molar-refractivity contribution is 6.00. The zero-order valence-electron chi connectivity index (χ0n) is 12.7. The van der Waals surface area contributed by atoms with E-state index in [1.807, 2.05) is 6.07 Å². The van der Waals surface area contributed by atoms with Crippen LogP contribution in [0.1, 0.15) is 26.3 Å². The summed E-state index contributed by atoms with van der Waals surface area (Å²) in [5, 5.41) is 17.2. The van der Waals surface area contributed by atoms with Crippen molar-refractivity contribution in [1.29, 1.82) is 5.26 Å². The minimum absolute atomic E-state index is 0.201. The largest absolute Gasteiger partial charge is 0.444 e. The van der Waals surface area contributed by atoms with Crippen molar-refractivity contribution in [3.8, 4) is 6.07 Å². The molecule has 0 saturated carbocycles. The molecule has 7 heteroatoms. The lowest BCUT2D eigenvalue weighted by atomic mass is 10.2. The van der Waals surface area contributed by atoms with Crippen molar-refractivity contribution in [3.05, 3.63) is 23.8 Å². The van der Waals surface area contributed by atoms with Gasteiger partial charge >= 0.3 is 6.09 Å². The lowest BCUT2D eigenvalue weighted by molar-refractivity contribution is -0.117. The molecule has 2 rings (SSSR count). The summed E-state index contributed by atoms with van der Waals surface area (Å²) in [6, 6.07) is 6.17. The van der Waals surface area contributed by atoms with Crippen LogP contribution in [0.3, 0.4) is 0 Å². The first-order chi connectivity index (χ1) is 10.3. The van der Waals surface area contributed by atoms with Gasteiger partial charge < -0.3 is 20.7 Å². The van der Waals surface area contributed by atoms with E-state index in [4.69, 9.17) is 10.00 Å². The third-order valence-electron chi connectivity index (χ3n) is 2.91. The maximum absolute atomic E-state index is 12.1. The van der Waals surface area contributed by atoms with Gasteiger partial charge in [-0.1, -0.05) is 0 Å². The molecule has 0 radical (unpaired) electrons. The van der Waals surface area contributed by atoms with Crippen LogP contribution in [0.5, 0.6) is 0 Å². The number of fused-ring (bicyclic) bond motifs is 1. The molecule has 22 heavy (non-hydrogen) atoms. The Bertz CT molecular complexity index is 643. The predicted molar refractivity (Wildman–Crippen MR) is 81.4 cm³/mol. The van der Waals surface area contributed by atoms with Gasteiger partial charge in [0.1, 0.15) is 11.6 Å². The first-order valence-corrected chi connectivity index (χ1v) is 6.87. The molecule has 0 bridgehead atoms. The highest BCUT2D eigenvalue weighted by Crippen LogP contribution is 2.25. The molecule has 1 atom stereocenters. The summed E-state index contributed by atoms with van der Waals surface area (Å²) in [5.74, 6) is -0.346. The highest BCUT2D eigenvalue weighted by Gasteiger charge is 2.27. The van der Waals surface area contributed by atoms with Gasteiger partial charge in [-0.3, -0.25) is 4.79 Å². The van der Waals surface area contributed by atoms with Crippen molar-refractivity contribution in [2.45, 2.75) is 32.4 Å². The highest BCUT2D eigenvalue weighted by atomic mass is 16.6. The molecule has 0 unspecified atom stereocenters. The van der Waals surface area contributed by atoms with Crippen LogP contribution in [0, 0.1) is 11.3 Å². The molecular formula is C15H18N4O3. The molecule has 0 spiro atoms. The molecule has 1 aliphatic heterocycles. The molecular weight excluding hydrogens is 284 g/mol. The number of ether oxygens (including phenoxy) is 1. The fraction of sp³-hybridized carbons (Fsp3) is 0.400. The first kappa shape index (κ1) is 15.6. The second kappa shape index (κ2) is 5.93. The van der Waals surface area contributed by atoms with E-state index in [0.29, 0.717) is 16.9 Å². The van der Waals surface area contributed by atoms with Gasteiger partial charge in [-0.05, 0) is 39.0 Å². The lowest BCUT2D eigenvalue weighted by Gasteiger charge is -2.22. The third-order valence-corrected chi connectivity index (χ3v) is 2.91. The molecule has 0 aliphatic carbocycles. The number of nitriles is 1. The molecule has 3 N–H and O–H groups in total. The Kier molecular flexibility index (Phi) is 4.22. The van der Waals surface area contributed by atoms with E-state index < -0.39 is 17.7 Å². The topological polar surface area (TPSA) is 103 Å². The summed E-state index contributed by atoms with van der Waals surface area (Å²) in [7, 11) is 0. The number of alkyl carbamates (subject to hydrolysis) is 1. The smallest absolute Gasteiger partial charge is 0.408 e. The van der Waals surface area contributed by atoms with Crippen LogP contribution >= 0.6 is 0 Å². The molecule has 116 valence electrons. The number of benzene rings is 1. The normalized spacial score (nSPS) is 17.2. The van der Waals surface area contributed by atoms with Gasteiger partial charge in [0.25, 0.3) is 0 Å². The van der Waals surface area contributed by atoms with Gasteiger partial charge in [-0.25, -0.2) is 4.79 Å². The summed E-state index contributed by atoms with van der Waals surface area (Å²) in [4.78, 5) is 23.9. The van der Waals surface area contributed by atoms with Crippen molar-refractivity contribution in [3.63, 3.8) is 0 Å². The van der Waals surface area contributed by atoms with E-state index >= 15 is 0 Å². The van der Waals surface area contributed by atoms with Crippen LogP contribution in [0.25, 0.3) is 0 Å². The number of anilines is 2. The Morgan fingerprint density at radius 1 is 1.41 bits per heavy atom. The van der Waals surface area contributed by atoms with Gasteiger partial charge in [-0.2, -0.15) is 5.26 Å². The number of nitrogens with zero attached hydrogens (tertiary/aromatic N) is 1. The fourth-order valence-electron chi connectivity index (χ4n) is 1.96. The maximum atomic E-state index is 12.1. The second-order valence-corrected chi connectivity index (χ2v) is 5.94. The summed E-state index contributed by atoms with van der Waals surface area (Å²) in [6.07, 6.45) is -0.655. The quantitative estimate of drug-likeness (QED) is 0.734. The van der Waals surface area contributed by atoms with Crippen LogP contribution < -0.4 is 16.0 Å². The van der Waals surface area contributed by atoms with E-state index in [2.05, 4.69) is 16.0 Å². The molecule has 0 aromatic heterocycles. The molecule has 1 aromatic carbocycles. The number of hydrogen-bond acceptors (Lipinski definition) is 5. The number of amides is 2. The van der Waals surface area contributed by atoms with Crippen LogP contribution in [-0.4, -0.2) is 30.2 Å². The van der Waals surface area contributed by atoms with E-state index in [1.165, 1.54) is 0 Å². The summed E-state index contributed by atoms with van der Waals surface area (Å²) in [6.45, 7) is 5.44. The molecule has 1 heterocycles. The zero-order chi connectivity index (χ0) is 16.3. The summed E-state index contributed by atoms with van der Waals surface area (Å²) in [5.41, 5.74) is 1.06. The van der Waals surface area contributed by atoms with Gasteiger partial charge in [0.2, 0.25) is 5.91 Å². The Morgan fingerprint density at radius 3 is 2.77 bits per heavy atom. The minimum atomic E-state index is -0.771. The number of rotatable bonds is 1. The number of hydrogen-bond donors (Lipinski definition) is 3. The molecule has 7 nitrogen and oxygen atoms in total. The van der Waals surface area contributed by atoms with Gasteiger partial charge in [-0.15, -0.1) is 0 Å². The van der Waals surface area contributed by atoms with Crippen LogP contribution in [0.15, 0.2) is 18.2 Å². The van der Waals surface area contributed by atoms with Crippen molar-refractivity contribution in [1.82, 2.24) is 5.32 Å². The predicted octanol–water partition coefficient (Wildman–Crippen LogP) is 1.82. The maximum Gasteiger partial charge on any atom is 0.408 e. The minimum Gasteiger partial charge on any atom is -0.444 e. The Morgan fingerprint density at radius 2 is 2.14 bits per heavy atom. The molecule has 0 fully saturated rings. The summed E-state index contributed by atoms with van der Waals surface area (Å²) >= 11 is 0. The first-order valence-electron chi connectivity index (χ1n) is 6.87. The number of nitrogens with one attached hydrogen (secondary N) is 3. The average molecular weight is 302 g/mol. The molecule has 0 saturated heterocycles. The average Bonchev–Trinajstić information content (AvgIpc) is 2.56. The van der Waals surface area contributed by atoms with Crippen molar-refractivity contribution >= 4 is 23.4 Å². The Labute approximate surface area is 128 Å². The third kappa shape index (κ3) is 3.88. The van der Waals surface area contributed by atoms with Gasteiger partial charge in [0.15, 0.2) is 0 Å². The van der Waals surface area contributed by atoms with Crippen LogP contribution in [-0.2, 0) is 9.53 Å². The van der Waals surface area contributed by atoms with Crippen molar-refractivity contribution < 1.29 is 14.3 Å². The standard InChI is InChI=1S/C15H18N4O3/c1-15(2,3)22-14(21)19-12-8-17-11-6-9(7-16)4-5-10(11)18-13(12)20/h4-6,12,17H,8H2,1-3H3,(H,18,20)(H,19,21)/t12-/m0/s1. The molecule has 1 aromatic rings. The second-order valence-electron chi connectivity index (χ2n) is 5.94. The van der Waals surface area contributed by atoms with E-state index in [9.17, 15) is 9.59 Å². The van der Waals surface area contributed by atoms with Crippen molar-refractivity contribution in [2.75, 3.05) is 17.2 Å². The monoisotopic (exact) mass is 302 g/mol. The van der Waals surface area contributed by atoms with E-state index in [1.54, 1.807) is 39.0 Å². The summed E-state index contributed by atoms with van der Waals surface area (Å²) < 4.78 is 5.14. The number of carbonyl (C=O) groups is 2. The van der Waals surface area contributed by atoms with E-state index in [0.717, 1.165) is 0 Å². The Balaban J connectivity index is 2.08. The van der Waals surface area contributed by atoms with Crippen molar-refractivity contribution in [2.24, 2.45) is 0 Å². The fourth-order valence-corrected chi connectivity index (χ4v) is 1.96. The van der Waals surface area contributed by atoms with E-state index in [-0.39, 0.29) is 12.5 Å². The molecule has 1 aliphatic rings. The SMILES string of the molecule is CC(C)(C)OC(=O)N[C@H]1CNc2cc(C#N)ccc2NC1=O.